The Bertz CT molecular complexity index is 1030. The number of aromatic nitrogens is 1. The number of benzene rings is 2. The summed E-state index contributed by atoms with van der Waals surface area (Å²) in [6.45, 7) is -0.0482. The molecule has 5 nitrogen and oxygen atoms in total. The summed E-state index contributed by atoms with van der Waals surface area (Å²) in [6.07, 6.45) is 2.02. The predicted octanol–water partition coefficient (Wildman–Crippen LogP) is 3.56. The molecule has 6 heteroatoms. The predicted molar refractivity (Wildman–Crippen MR) is 106 cm³/mol. The lowest BCUT2D eigenvalue weighted by Gasteiger charge is -2.11. The van der Waals surface area contributed by atoms with Crippen molar-refractivity contribution in [3.8, 4) is 11.3 Å². The molecule has 2 amide bonds. The Balaban J connectivity index is 1.67. The molecule has 1 heterocycles. The van der Waals surface area contributed by atoms with Gasteiger partial charge < -0.3 is 10.6 Å². The van der Waals surface area contributed by atoms with E-state index in [1.807, 2.05) is 42.5 Å². The Kier molecular flexibility index (Phi) is 4.77. The molecule has 0 aliphatic heterocycles. The maximum absolute atomic E-state index is 12.8. The van der Waals surface area contributed by atoms with E-state index in [1.54, 1.807) is 12.1 Å². The van der Waals surface area contributed by atoms with E-state index in [4.69, 9.17) is 11.6 Å². The van der Waals surface area contributed by atoms with Gasteiger partial charge in [-0.1, -0.05) is 48.0 Å². The Morgan fingerprint density at radius 3 is 2.59 bits per heavy atom. The number of hydrogen-bond donors (Lipinski definition) is 2. The molecule has 0 radical (unpaired) electrons. The molecule has 0 unspecified atom stereocenters. The van der Waals surface area contributed by atoms with Crippen molar-refractivity contribution in [1.82, 2.24) is 15.6 Å². The van der Waals surface area contributed by atoms with Crippen molar-refractivity contribution in [3.05, 3.63) is 65.2 Å². The minimum absolute atomic E-state index is 0.0482. The lowest BCUT2D eigenvalue weighted by atomic mass is 10.0. The number of nitrogens with one attached hydrogen (secondary N) is 2. The molecule has 1 aliphatic rings. The zero-order valence-electron chi connectivity index (χ0n) is 14.5. The van der Waals surface area contributed by atoms with Crippen LogP contribution in [0.15, 0.2) is 54.6 Å². The fourth-order valence-corrected chi connectivity index (χ4v) is 3.16. The van der Waals surface area contributed by atoms with E-state index >= 15 is 0 Å². The number of fused-ring (bicyclic) bond motifs is 1. The highest BCUT2D eigenvalue weighted by Gasteiger charge is 2.23. The molecule has 1 fully saturated rings. The number of hydrogen-bond acceptors (Lipinski definition) is 3. The highest BCUT2D eigenvalue weighted by molar-refractivity contribution is 6.33. The van der Waals surface area contributed by atoms with Crippen LogP contribution >= 0.6 is 11.6 Å². The van der Waals surface area contributed by atoms with Crippen LogP contribution in [0.25, 0.3) is 22.2 Å². The normalized spacial score (nSPS) is 13.4. The molecule has 136 valence electrons. The third kappa shape index (κ3) is 3.93. The van der Waals surface area contributed by atoms with Gasteiger partial charge in [-0.15, -0.1) is 0 Å². The SMILES string of the molecule is O=C(CNC(=O)c1cc(-c2ccccc2Cl)nc2ccccc12)NC1CC1. The fourth-order valence-electron chi connectivity index (χ4n) is 2.93. The van der Waals surface area contributed by atoms with Crippen LogP contribution in [0.5, 0.6) is 0 Å². The maximum Gasteiger partial charge on any atom is 0.252 e. The number of rotatable bonds is 5. The first-order chi connectivity index (χ1) is 13.1. The number of nitrogens with zero attached hydrogens (tertiary/aromatic N) is 1. The molecule has 0 saturated heterocycles. The standard InChI is InChI=1S/C21H18ClN3O2/c22-17-7-3-1-6-15(17)19-11-16(14-5-2-4-8-18(14)25-19)21(27)23-12-20(26)24-13-9-10-13/h1-8,11,13H,9-10,12H2,(H,23,27)(H,24,26). The van der Waals surface area contributed by atoms with Crippen molar-refractivity contribution in [2.45, 2.75) is 18.9 Å². The lowest BCUT2D eigenvalue weighted by Crippen LogP contribution is -2.37. The molecule has 3 aromatic rings. The highest BCUT2D eigenvalue weighted by atomic mass is 35.5. The number of amides is 2. The highest BCUT2D eigenvalue weighted by Crippen LogP contribution is 2.29. The quantitative estimate of drug-likeness (QED) is 0.712. The third-order valence-corrected chi connectivity index (χ3v) is 4.79. The fraction of sp³-hybridized carbons (Fsp3) is 0.190. The van der Waals surface area contributed by atoms with Crippen LogP contribution in [0.3, 0.4) is 0 Å². The van der Waals surface area contributed by atoms with Gasteiger partial charge in [0.1, 0.15) is 0 Å². The van der Waals surface area contributed by atoms with E-state index in [9.17, 15) is 9.59 Å². The van der Waals surface area contributed by atoms with Crippen molar-refractivity contribution >= 4 is 34.3 Å². The Morgan fingerprint density at radius 2 is 1.81 bits per heavy atom. The maximum atomic E-state index is 12.8. The van der Waals surface area contributed by atoms with Crippen LogP contribution in [-0.4, -0.2) is 29.4 Å². The monoisotopic (exact) mass is 379 g/mol. The summed E-state index contributed by atoms with van der Waals surface area (Å²) in [5.74, 6) is -0.483. The minimum Gasteiger partial charge on any atom is -0.352 e. The molecule has 1 aromatic heterocycles. The number of para-hydroxylation sites is 1. The third-order valence-electron chi connectivity index (χ3n) is 4.46. The van der Waals surface area contributed by atoms with Crippen molar-refractivity contribution in [3.63, 3.8) is 0 Å². The molecule has 4 rings (SSSR count). The second-order valence-corrected chi connectivity index (χ2v) is 6.98. The summed E-state index contributed by atoms with van der Waals surface area (Å²) in [5, 5.41) is 6.86. The van der Waals surface area contributed by atoms with Crippen molar-refractivity contribution in [2.75, 3.05) is 6.54 Å². The van der Waals surface area contributed by atoms with Gasteiger partial charge in [0.05, 0.1) is 23.3 Å². The summed E-state index contributed by atoms with van der Waals surface area (Å²) in [7, 11) is 0. The van der Waals surface area contributed by atoms with Gasteiger partial charge in [-0.3, -0.25) is 9.59 Å². The van der Waals surface area contributed by atoms with Gasteiger partial charge in [-0.2, -0.15) is 0 Å². The molecule has 0 bridgehead atoms. The number of carbonyl (C=O) groups is 2. The zero-order valence-corrected chi connectivity index (χ0v) is 15.3. The van der Waals surface area contributed by atoms with Crippen LogP contribution in [0, 0.1) is 0 Å². The molecule has 0 spiro atoms. The molecular weight excluding hydrogens is 362 g/mol. The van der Waals surface area contributed by atoms with Crippen molar-refractivity contribution in [1.29, 1.82) is 0 Å². The zero-order chi connectivity index (χ0) is 18.8. The van der Waals surface area contributed by atoms with E-state index in [-0.39, 0.29) is 24.4 Å². The topological polar surface area (TPSA) is 71.1 Å². The van der Waals surface area contributed by atoms with Gasteiger partial charge in [0.25, 0.3) is 5.91 Å². The second-order valence-electron chi connectivity index (χ2n) is 6.58. The molecular formula is C21H18ClN3O2. The van der Waals surface area contributed by atoms with Crippen molar-refractivity contribution in [2.24, 2.45) is 0 Å². The largest absolute Gasteiger partial charge is 0.352 e. The van der Waals surface area contributed by atoms with E-state index in [1.165, 1.54) is 0 Å². The lowest BCUT2D eigenvalue weighted by molar-refractivity contribution is -0.120. The summed E-state index contributed by atoms with van der Waals surface area (Å²) in [6, 6.07) is 16.8. The number of carbonyl (C=O) groups excluding carboxylic acids is 2. The van der Waals surface area contributed by atoms with E-state index in [0.717, 1.165) is 23.8 Å². The van der Waals surface area contributed by atoms with E-state index < -0.39 is 0 Å². The van der Waals surface area contributed by atoms with Crippen LogP contribution in [0.2, 0.25) is 5.02 Å². The van der Waals surface area contributed by atoms with Gasteiger partial charge in [-0.25, -0.2) is 4.98 Å². The van der Waals surface area contributed by atoms with Gasteiger partial charge >= 0.3 is 0 Å². The summed E-state index contributed by atoms with van der Waals surface area (Å²) in [5.41, 5.74) is 2.54. The van der Waals surface area contributed by atoms with Crippen LogP contribution in [0.1, 0.15) is 23.2 Å². The number of pyridine rings is 1. The van der Waals surface area contributed by atoms with Gasteiger partial charge in [0.15, 0.2) is 0 Å². The molecule has 0 atom stereocenters. The first kappa shape index (κ1) is 17.5. The van der Waals surface area contributed by atoms with E-state index in [2.05, 4.69) is 15.6 Å². The average Bonchev–Trinajstić information content (AvgIpc) is 3.49. The van der Waals surface area contributed by atoms with Crippen molar-refractivity contribution < 1.29 is 9.59 Å². The first-order valence-electron chi connectivity index (χ1n) is 8.84. The molecule has 2 aromatic carbocycles. The van der Waals surface area contributed by atoms with Gasteiger partial charge in [-0.05, 0) is 31.0 Å². The second kappa shape index (κ2) is 7.37. The summed E-state index contributed by atoms with van der Waals surface area (Å²) < 4.78 is 0. The van der Waals surface area contributed by atoms with Gasteiger partial charge in [0, 0.05) is 22.0 Å². The molecule has 2 N–H and O–H groups in total. The van der Waals surface area contributed by atoms with Crippen LogP contribution in [0.4, 0.5) is 0 Å². The Morgan fingerprint density at radius 1 is 1.07 bits per heavy atom. The Labute approximate surface area is 161 Å². The van der Waals surface area contributed by atoms with E-state index in [0.29, 0.717) is 21.8 Å². The summed E-state index contributed by atoms with van der Waals surface area (Å²) >= 11 is 6.31. The molecule has 27 heavy (non-hydrogen) atoms. The average molecular weight is 380 g/mol. The van der Waals surface area contributed by atoms with Crippen LogP contribution < -0.4 is 10.6 Å². The number of halogens is 1. The van der Waals surface area contributed by atoms with Crippen LogP contribution in [-0.2, 0) is 4.79 Å². The first-order valence-corrected chi connectivity index (χ1v) is 9.22. The summed E-state index contributed by atoms with van der Waals surface area (Å²) in [4.78, 5) is 29.3. The molecule has 1 saturated carbocycles. The molecule has 1 aliphatic carbocycles. The Hall–Kier alpha value is -2.92. The minimum atomic E-state index is -0.312. The van der Waals surface area contributed by atoms with Gasteiger partial charge in [0.2, 0.25) is 5.91 Å². The smallest absolute Gasteiger partial charge is 0.252 e.